The van der Waals surface area contributed by atoms with Crippen molar-refractivity contribution < 1.29 is 4.74 Å². The fraction of sp³-hybridized carbons (Fsp3) is 0.682. The molecule has 3 heterocycles. The molecule has 0 aliphatic carbocycles. The molecule has 162 valence electrons. The number of hydrogen-bond acceptors (Lipinski definition) is 4. The van der Waals surface area contributed by atoms with Crippen molar-refractivity contribution in [2.45, 2.75) is 44.5 Å². The van der Waals surface area contributed by atoms with Gasteiger partial charge in [0.15, 0.2) is 5.96 Å². The van der Waals surface area contributed by atoms with Crippen molar-refractivity contribution in [2.24, 2.45) is 4.99 Å². The van der Waals surface area contributed by atoms with Crippen molar-refractivity contribution in [1.29, 1.82) is 0 Å². The highest BCUT2D eigenvalue weighted by molar-refractivity contribution is 14.0. The van der Waals surface area contributed by atoms with Crippen molar-refractivity contribution in [3.63, 3.8) is 0 Å². The number of likely N-dealkylation sites (tertiary alicyclic amines) is 2. The molecule has 0 spiro atoms. The van der Waals surface area contributed by atoms with Crippen LogP contribution in [0, 0.1) is 0 Å². The van der Waals surface area contributed by atoms with E-state index in [9.17, 15) is 0 Å². The number of morpholine rings is 1. The van der Waals surface area contributed by atoms with Gasteiger partial charge in [0.2, 0.25) is 0 Å². The number of rotatable bonds is 5. The highest BCUT2D eigenvalue weighted by Crippen LogP contribution is 2.25. The molecule has 0 amide bonds. The maximum atomic E-state index is 6.15. The first kappa shape index (κ1) is 22.8. The number of hydrogen-bond donors (Lipinski definition) is 1. The van der Waals surface area contributed by atoms with Gasteiger partial charge in [0.05, 0.1) is 25.3 Å². The molecule has 3 fully saturated rings. The Balaban J connectivity index is 0.00000240. The lowest BCUT2D eigenvalue weighted by atomic mass is 10.1. The Bertz CT molecular complexity index is 658. The van der Waals surface area contributed by atoms with E-state index in [0.29, 0.717) is 12.1 Å². The van der Waals surface area contributed by atoms with Crippen molar-refractivity contribution >= 4 is 29.9 Å². The number of nitrogens with one attached hydrogen (secondary N) is 1. The van der Waals surface area contributed by atoms with Gasteiger partial charge in [0, 0.05) is 38.8 Å². The second kappa shape index (κ2) is 10.9. The van der Waals surface area contributed by atoms with E-state index in [0.717, 1.165) is 51.8 Å². The average Bonchev–Trinajstić information content (AvgIpc) is 3.33. The number of aliphatic imine (C=N–C) groups is 1. The minimum atomic E-state index is 0. The second-order valence-electron chi connectivity index (χ2n) is 8.31. The second-order valence-corrected chi connectivity index (χ2v) is 8.31. The Labute approximate surface area is 192 Å². The molecular formula is C22H36IN5O. The van der Waals surface area contributed by atoms with Crippen LogP contribution in [0.5, 0.6) is 0 Å². The van der Waals surface area contributed by atoms with Crippen LogP contribution in [-0.4, -0.2) is 91.8 Å². The minimum absolute atomic E-state index is 0. The predicted octanol–water partition coefficient (Wildman–Crippen LogP) is 2.25. The van der Waals surface area contributed by atoms with Crippen molar-refractivity contribution in [3.05, 3.63) is 35.9 Å². The highest BCUT2D eigenvalue weighted by atomic mass is 127. The molecule has 3 saturated heterocycles. The highest BCUT2D eigenvalue weighted by Gasteiger charge is 2.41. The van der Waals surface area contributed by atoms with E-state index in [4.69, 9.17) is 9.73 Å². The molecule has 1 N–H and O–H groups in total. The van der Waals surface area contributed by atoms with Gasteiger partial charge < -0.3 is 19.9 Å². The number of fused-ring (bicyclic) bond motifs is 1. The number of benzene rings is 1. The fourth-order valence-corrected chi connectivity index (χ4v) is 4.77. The molecule has 0 bridgehead atoms. The monoisotopic (exact) mass is 513 g/mol. The van der Waals surface area contributed by atoms with Crippen LogP contribution >= 0.6 is 24.0 Å². The summed E-state index contributed by atoms with van der Waals surface area (Å²) in [5.41, 5.74) is 1.38. The van der Waals surface area contributed by atoms with Crippen LogP contribution in [0.3, 0.4) is 0 Å². The van der Waals surface area contributed by atoms with Gasteiger partial charge in [-0.2, -0.15) is 0 Å². The Kier molecular flexibility index (Phi) is 8.58. The summed E-state index contributed by atoms with van der Waals surface area (Å²) in [7, 11) is 2.22. The molecule has 3 aliphatic heterocycles. The number of guanidine groups is 1. The zero-order chi connectivity index (χ0) is 19.3. The van der Waals surface area contributed by atoms with Gasteiger partial charge in [-0.3, -0.25) is 9.89 Å². The molecule has 6 nitrogen and oxygen atoms in total. The molecule has 3 unspecified atom stereocenters. The minimum Gasteiger partial charge on any atom is -0.373 e. The Morgan fingerprint density at radius 1 is 1.21 bits per heavy atom. The summed E-state index contributed by atoms with van der Waals surface area (Å²) in [5, 5.41) is 3.52. The predicted molar refractivity (Wildman–Crippen MR) is 129 cm³/mol. The molecule has 3 aliphatic rings. The van der Waals surface area contributed by atoms with E-state index < -0.39 is 0 Å². The van der Waals surface area contributed by atoms with Crippen LogP contribution < -0.4 is 5.32 Å². The molecule has 4 rings (SSSR count). The Morgan fingerprint density at radius 3 is 2.76 bits per heavy atom. The van der Waals surface area contributed by atoms with Gasteiger partial charge in [-0.15, -0.1) is 24.0 Å². The summed E-state index contributed by atoms with van der Waals surface area (Å²) in [5.74, 6) is 1.06. The first-order chi connectivity index (χ1) is 13.7. The van der Waals surface area contributed by atoms with Gasteiger partial charge in [-0.05, 0) is 38.9 Å². The Morgan fingerprint density at radius 2 is 2.03 bits per heavy atom. The van der Waals surface area contributed by atoms with Crippen LogP contribution in [0.25, 0.3) is 0 Å². The SMILES string of the molecule is CCNC(=NCC1CCCN1C)N1CC2OCCN(Cc3ccccc3)C2C1.I. The van der Waals surface area contributed by atoms with Gasteiger partial charge in [-0.1, -0.05) is 30.3 Å². The lowest BCUT2D eigenvalue weighted by Crippen LogP contribution is -2.50. The van der Waals surface area contributed by atoms with Crippen LogP contribution in [-0.2, 0) is 11.3 Å². The fourth-order valence-electron chi connectivity index (χ4n) is 4.77. The molecule has 1 aromatic rings. The Hall–Kier alpha value is -0.900. The van der Waals surface area contributed by atoms with E-state index in [2.05, 4.69) is 64.3 Å². The van der Waals surface area contributed by atoms with Crippen molar-refractivity contribution in [1.82, 2.24) is 20.0 Å². The lowest BCUT2D eigenvalue weighted by molar-refractivity contribution is -0.0502. The molecule has 3 atom stereocenters. The molecule has 0 radical (unpaired) electrons. The summed E-state index contributed by atoms with van der Waals surface area (Å²) in [6.45, 7) is 9.89. The average molecular weight is 513 g/mol. The first-order valence-electron chi connectivity index (χ1n) is 10.9. The normalized spacial score (nSPS) is 28.3. The third-order valence-electron chi connectivity index (χ3n) is 6.40. The number of ether oxygens (including phenoxy) is 1. The zero-order valence-corrected chi connectivity index (χ0v) is 20.1. The van der Waals surface area contributed by atoms with Gasteiger partial charge in [-0.25, -0.2) is 0 Å². The quantitative estimate of drug-likeness (QED) is 0.372. The summed E-state index contributed by atoms with van der Waals surface area (Å²) in [6, 6.07) is 11.8. The maximum absolute atomic E-state index is 6.15. The van der Waals surface area contributed by atoms with E-state index in [-0.39, 0.29) is 30.1 Å². The molecule has 0 saturated carbocycles. The van der Waals surface area contributed by atoms with Crippen LogP contribution in [0.4, 0.5) is 0 Å². The topological polar surface area (TPSA) is 43.3 Å². The van der Waals surface area contributed by atoms with E-state index in [1.54, 1.807) is 0 Å². The van der Waals surface area contributed by atoms with Crippen LogP contribution in [0.2, 0.25) is 0 Å². The molecule has 0 aromatic heterocycles. The van der Waals surface area contributed by atoms with Crippen LogP contribution in [0.15, 0.2) is 35.3 Å². The maximum Gasteiger partial charge on any atom is 0.194 e. The summed E-state index contributed by atoms with van der Waals surface area (Å²) in [4.78, 5) is 12.5. The zero-order valence-electron chi connectivity index (χ0n) is 17.8. The third kappa shape index (κ3) is 5.62. The smallest absolute Gasteiger partial charge is 0.194 e. The summed E-state index contributed by atoms with van der Waals surface area (Å²) in [6.07, 6.45) is 2.83. The summed E-state index contributed by atoms with van der Waals surface area (Å²) >= 11 is 0. The van der Waals surface area contributed by atoms with E-state index >= 15 is 0 Å². The van der Waals surface area contributed by atoms with Gasteiger partial charge in [0.1, 0.15) is 0 Å². The van der Waals surface area contributed by atoms with E-state index in [1.807, 2.05) is 0 Å². The standard InChI is InChI=1S/C22H35N5O.HI/c1-3-23-22(24-14-19-10-7-11-25(19)2)27-16-20-21(17-27)28-13-12-26(20)15-18-8-5-4-6-9-18;/h4-6,8-9,19-21H,3,7,10-17H2,1-2H3,(H,23,24);1H. The molecule has 7 heteroatoms. The largest absolute Gasteiger partial charge is 0.373 e. The summed E-state index contributed by atoms with van der Waals surface area (Å²) < 4.78 is 6.15. The van der Waals surface area contributed by atoms with Crippen molar-refractivity contribution in [3.8, 4) is 0 Å². The van der Waals surface area contributed by atoms with Crippen molar-refractivity contribution in [2.75, 3.05) is 52.9 Å². The number of nitrogens with zero attached hydrogens (tertiary/aromatic N) is 4. The lowest BCUT2D eigenvalue weighted by Gasteiger charge is -2.36. The van der Waals surface area contributed by atoms with E-state index in [1.165, 1.54) is 24.9 Å². The first-order valence-corrected chi connectivity index (χ1v) is 10.9. The number of likely N-dealkylation sites (N-methyl/N-ethyl adjacent to an activating group) is 1. The van der Waals surface area contributed by atoms with Gasteiger partial charge in [0.25, 0.3) is 0 Å². The number of halogens is 1. The van der Waals surface area contributed by atoms with Crippen LogP contribution in [0.1, 0.15) is 25.3 Å². The molecular weight excluding hydrogens is 477 g/mol. The molecule has 1 aromatic carbocycles. The van der Waals surface area contributed by atoms with Gasteiger partial charge >= 0.3 is 0 Å². The molecule has 29 heavy (non-hydrogen) atoms. The third-order valence-corrected chi connectivity index (χ3v) is 6.40.